The SMILES string of the molecule is Cl.O=C1NCCNC1Cc1ccc(-c2cccs2)cc1. The molecule has 106 valence electrons. The van der Waals surface area contributed by atoms with E-state index in [-0.39, 0.29) is 24.4 Å². The zero-order valence-electron chi connectivity index (χ0n) is 11.0. The Labute approximate surface area is 128 Å². The number of hydrogen-bond acceptors (Lipinski definition) is 3. The average Bonchev–Trinajstić information content (AvgIpc) is 2.96. The lowest BCUT2D eigenvalue weighted by atomic mass is 10.0. The third kappa shape index (κ3) is 3.39. The smallest absolute Gasteiger partial charge is 0.237 e. The number of benzene rings is 1. The molecule has 1 aliphatic rings. The molecule has 1 aromatic heterocycles. The second-order valence-electron chi connectivity index (χ2n) is 4.68. The summed E-state index contributed by atoms with van der Waals surface area (Å²) in [6.45, 7) is 1.58. The maximum Gasteiger partial charge on any atom is 0.237 e. The number of hydrogen-bond donors (Lipinski definition) is 2. The van der Waals surface area contributed by atoms with E-state index < -0.39 is 0 Å². The molecule has 3 rings (SSSR count). The van der Waals surface area contributed by atoms with E-state index in [9.17, 15) is 4.79 Å². The molecule has 0 radical (unpaired) electrons. The van der Waals surface area contributed by atoms with Crippen molar-refractivity contribution < 1.29 is 4.79 Å². The highest BCUT2D eigenvalue weighted by Gasteiger charge is 2.21. The van der Waals surface area contributed by atoms with E-state index >= 15 is 0 Å². The first kappa shape index (κ1) is 15.0. The number of nitrogens with one attached hydrogen (secondary N) is 2. The summed E-state index contributed by atoms with van der Waals surface area (Å²) in [5, 5.41) is 8.22. The molecule has 20 heavy (non-hydrogen) atoms. The van der Waals surface area contributed by atoms with Gasteiger partial charge in [-0.15, -0.1) is 23.7 Å². The third-order valence-electron chi connectivity index (χ3n) is 3.33. The Bertz CT molecular complexity index is 554. The largest absolute Gasteiger partial charge is 0.353 e. The van der Waals surface area contributed by atoms with Crippen LogP contribution in [-0.2, 0) is 11.2 Å². The Morgan fingerprint density at radius 2 is 1.95 bits per heavy atom. The number of amides is 1. The average molecular weight is 309 g/mol. The normalized spacial score (nSPS) is 18.2. The summed E-state index contributed by atoms with van der Waals surface area (Å²) in [6.07, 6.45) is 0.747. The lowest BCUT2D eigenvalue weighted by Gasteiger charge is -2.23. The molecule has 5 heteroatoms. The standard InChI is InChI=1S/C15H16N2OS.ClH/c18-15-13(16-7-8-17-15)10-11-3-5-12(6-4-11)14-2-1-9-19-14;/h1-6,9,13,16H,7-8,10H2,(H,17,18);1H. The number of carbonyl (C=O) groups is 1. The highest BCUT2D eigenvalue weighted by molar-refractivity contribution is 7.13. The van der Waals surface area contributed by atoms with Crippen molar-refractivity contribution in [2.75, 3.05) is 13.1 Å². The van der Waals surface area contributed by atoms with Gasteiger partial charge in [-0.05, 0) is 29.0 Å². The van der Waals surface area contributed by atoms with Crippen LogP contribution in [0.2, 0.25) is 0 Å². The van der Waals surface area contributed by atoms with Crippen LogP contribution in [0.25, 0.3) is 10.4 Å². The van der Waals surface area contributed by atoms with Crippen LogP contribution in [0.4, 0.5) is 0 Å². The number of carbonyl (C=O) groups excluding carboxylic acids is 1. The van der Waals surface area contributed by atoms with E-state index in [0.29, 0.717) is 0 Å². The Morgan fingerprint density at radius 1 is 1.15 bits per heavy atom. The fraction of sp³-hybridized carbons (Fsp3) is 0.267. The predicted molar refractivity (Wildman–Crippen MR) is 85.5 cm³/mol. The summed E-state index contributed by atoms with van der Waals surface area (Å²) in [5.41, 5.74) is 2.43. The summed E-state index contributed by atoms with van der Waals surface area (Å²) in [4.78, 5) is 13.0. The van der Waals surface area contributed by atoms with Gasteiger partial charge in [-0.25, -0.2) is 0 Å². The van der Waals surface area contributed by atoms with Crippen molar-refractivity contribution in [2.24, 2.45) is 0 Å². The van der Waals surface area contributed by atoms with E-state index in [1.165, 1.54) is 16.0 Å². The van der Waals surface area contributed by atoms with Crippen LogP contribution in [-0.4, -0.2) is 25.0 Å². The van der Waals surface area contributed by atoms with E-state index in [2.05, 4.69) is 52.4 Å². The van der Waals surface area contributed by atoms with Gasteiger partial charge in [-0.3, -0.25) is 4.79 Å². The van der Waals surface area contributed by atoms with Gasteiger partial charge in [0.1, 0.15) is 0 Å². The van der Waals surface area contributed by atoms with Crippen LogP contribution in [0.5, 0.6) is 0 Å². The van der Waals surface area contributed by atoms with Crippen molar-refractivity contribution >= 4 is 29.7 Å². The lowest BCUT2D eigenvalue weighted by Crippen LogP contribution is -2.53. The van der Waals surface area contributed by atoms with Crippen LogP contribution >= 0.6 is 23.7 Å². The summed E-state index contributed by atoms with van der Waals surface area (Å²) in [5.74, 6) is 0.105. The molecular formula is C15H17ClN2OS. The molecule has 0 bridgehead atoms. The minimum atomic E-state index is -0.0960. The number of thiophene rings is 1. The van der Waals surface area contributed by atoms with Gasteiger partial charge in [0.2, 0.25) is 5.91 Å². The Kier molecular flexibility index (Phi) is 5.17. The van der Waals surface area contributed by atoms with Crippen molar-refractivity contribution in [3.05, 3.63) is 47.3 Å². The molecule has 0 saturated carbocycles. The van der Waals surface area contributed by atoms with Gasteiger partial charge in [0.25, 0.3) is 0 Å². The molecule has 1 saturated heterocycles. The monoisotopic (exact) mass is 308 g/mol. The molecule has 1 aliphatic heterocycles. The fourth-order valence-electron chi connectivity index (χ4n) is 2.30. The fourth-order valence-corrected chi connectivity index (χ4v) is 3.03. The van der Waals surface area contributed by atoms with Crippen LogP contribution in [0.3, 0.4) is 0 Å². The first-order valence-corrected chi connectivity index (χ1v) is 7.35. The zero-order valence-corrected chi connectivity index (χ0v) is 12.6. The van der Waals surface area contributed by atoms with E-state index in [1.807, 2.05) is 0 Å². The summed E-state index contributed by atoms with van der Waals surface area (Å²) in [7, 11) is 0. The second kappa shape index (κ2) is 6.88. The van der Waals surface area contributed by atoms with Crippen LogP contribution < -0.4 is 10.6 Å². The molecule has 0 spiro atoms. The van der Waals surface area contributed by atoms with E-state index in [0.717, 1.165) is 19.5 Å². The van der Waals surface area contributed by atoms with Gasteiger partial charge in [0.15, 0.2) is 0 Å². The van der Waals surface area contributed by atoms with E-state index in [1.54, 1.807) is 11.3 Å². The number of halogens is 1. The molecule has 3 nitrogen and oxygen atoms in total. The van der Waals surface area contributed by atoms with Crippen molar-refractivity contribution in [1.29, 1.82) is 0 Å². The molecule has 2 heterocycles. The summed E-state index contributed by atoms with van der Waals surface area (Å²) >= 11 is 1.74. The molecule has 0 aliphatic carbocycles. The zero-order chi connectivity index (χ0) is 13.1. The van der Waals surface area contributed by atoms with Crippen molar-refractivity contribution in [1.82, 2.24) is 10.6 Å². The quantitative estimate of drug-likeness (QED) is 0.914. The maximum atomic E-state index is 11.7. The van der Waals surface area contributed by atoms with Crippen molar-refractivity contribution in [3.63, 3.8) is 0 Å². The molecule has 1 amide bonds. The van der Waals surface area contributed by atoms with Gasteiger partial charge in [-0.2, -0.15) is 0 Å². The van der Waals surface area contributed by atoms with Crippen molar-refractivity contribution in [2.45, 2.75) is 12.5 Å². The summed E-state index contributed by atoms with van der Waals surface area (Å²) in [6, 6.07) is 12.6. The van der Waals surface area contributed by atoms with E-state index in [4.69, 9.17) is 0 Å². The highest BCUT2D eigenvalue weighted by Crippen LogP contribution is 2.24. The topological polar surface area (TPSA) is 41.1 Å². The van der Waals surface area contributed by atoms with Gasteiger partial charge in [-0.1, -0.05) is 30.3 Å². The van der Waals surface area contributed by atoms with Gasteiger partial charge < -0.3 is 10.6 Å². The number of rotatable bonds is 3. The Balaban J connectivity index is 0.00000147. The predicted octanol–water partition coefficient (Wildman–Crippen LogP) is 2.47. The lowest BCUT2D eigenvalue weighted by molar-refractivity contribution is -0.124. The van der Waals surface area contributed by atoms with Crippen LogP contribution in [0.1, 0.15) is 5.56 Å². The molecule has 1 atom stereocenters. The second-order valence-corrected chi connectivity index (χ2v) is 5.62. The number of piperazine rings is 1. The molecule has 1 fully saturated rings. The minimum Gasteiger partial charge on any atom is -0.353 e. The Morgan fingerprint density at radius 3 is 2.60 bits per heavy atom. The summed E-state index contributed by atoms with van der Waals surface area (Å²) < 4.78 is 0. The molecular weight excluding hydrogens is 292 g/mol. The molecule has 2 N–H and O–H groups in total. The molecule has 1 unspecified atom stereocenters. The van der Waals surface area contributed by atoms with Gasteiger partial charge in [0, 0.05) is 18.0 Å². The van der Waals surface area contributed by atoms with Gasteiger partial charge >= 0.3 is 0 Å². The first-order valence-electron chi connectivity index (χ1n) is 6.47. The third-order valence-corrected chi connectivity index (χ3v) is 4.25. The minimum absolute atomic E-state index is 0. The molecule has 2 aromatic rings. The van der Waals surface area contributed by atoms with Crippen molar-refractivity contribution in [3.8, 4) is 10.4 Å². The Hall–Kier alpha value is -1.36. The highest BCUT2D eigenvalue weighted by atomic mass is 35.5. The van der Waals surface area contributed by atoms with Crippen LogP contribution in [0, 0.1) is 0 Å². The maximum absolute atomic E-state index is 11.7. The van der Waals surface area contributed by atoms with Gasteiger partial charge in [0.05, 0.1) is 6.04 Å². The first-order chi connectivity index (χ1) is 9.33. The van der Waals surface area contributed by atoms with Crippen LogP contribution in [0.15, 0.2) is 41.8 Å². The molecule has 1 aromatic carbocycles.